The van der Waals surface area contributed by atoms with Crippen LogP contribution in [0.2, 0.25) is 0 Å². The first-order valence-electron chi connectivity index (χ1n) is 6.23. The number of carboxylic acid groups (broad SMARTS) is 1. The van der Waals surface area contributed by atoms with Gasteiger partial charge >= 0.3 is 41.6 Å². The largest absolute Gasteiger partial charge is 1.00 e. The molecule has 6 nitrogen and oxygen atoms in total. The van der Waals surface area contributed by atoms with E-state index in [0.717, 1.165) is 6.42 Å². The van der Waals surface area contributed by atoms with E-state index in [1.54, 1.807) is 0 Å². The number of carbonyl (C=O) groups excluding carboxylic acids is 2. The van der Waals surface area contributed by atoms with Crippen LogP contribution in [0.3, 0.4) is 0 Å². The quantitative estimate of drug-likeness (QED) is 0.271. The molecule has 3 N–H and O–H groups in total. The maximum absolute atomic E-state index is 11.8. The van der Waals surface area contributed by atoms with Gasteiger partial charge in [-0.15, -0.1) is 12.3 Å². The fraction of sp³-hybridized carbons (Fsp3) is 0.571. The monoisotopic (exact) mass is 306 g/mol. The number of amides is 2. The molecule has 21 heavy (non-hydrogen) atoms. The minimum absolute atomic E-state index is 0. The third-order valence-electron chi connectivity index (χ3n) is 2.39. The van der Waals surface area contributed by atoms with Crippen LogP contribution in [0.5, 0.6) is 0 Å². The minimum Gasteiger partial charge on any atom is -0.481 e. The van der Waals surface area contributed by atoms with Gasteiger partial charge in [-0.25, -0.2) is 4.79 Å². The van der Waals surface area contributed by atoms with Crippen molar-refractivity contribution in [2.75, 3.05) is 6.54 Å². The molecule has 0 radical (unpaired) electrons. The Labute approximate surface area is 148 Å². The van der Waals surface area contributed by atoms with E-state index in [2.05, 4.69) is 16.6 Å². The summed E-state index contributed by atoms with van der Waals surface area (Å²) in [5.41, 5.74) is 0. The molecule has 0 aliphatic carbocycles. The Balaban J connectivity index is -0.00000162. The summed E-state index contributed by atoms with van der Waals surface area (Å²) in [6.45, 7) is 2.40. The molecule has 1 atom stereocenters. The van der Waals surface area contributed by atoms with Crippen LogP contribution < -0.4 is 40.2 Å². The summed E-state index contributed by atoms with van der Waals surface area (Å²) in [6.07, 6.45) is 6.15. The van der Waals surface area contributed by atoms with E-state index >= 15 is 0 Å². The van der Waals surface area contributed by atoms with Crippen LogP contribution in [-0.4, -0.2) is 35.5 Å². The van der Waals surface area contributed by atoms with Gasteiger partial charge in [0.1, 0.15) is 0 Å². The number of hydrogen-bond donors (Lipinski definition) is 3. The molecule has 0 spiro atoms. The molecular weight excluding hydrogens is 283 g/mol. The fourth-order valence-corrected chi connectivity index (χ4v) is 1.40. The van der Waals surface area contributed by atoms with Crippen molar-refractivity contribution in [2.45, 2.75) is 45.1 Å². The number of urea groups is 1. The average molecular weight is 306 g/mol. The first kappa shape index (κ1) is 25.0. The molecule has 0 aromatic carbocycles. The first-order valence-corrected chi connectivity index (χ1v) is 6.23. The maximum Gasteiger partial charge on any atom is 1.00 e. The van der Waals surface area contributed by atoms with Gasteiger partial charge in [0.15, 0.2) is 5.78 Å². The molecule has 0 saturated carbocycles. The number of ketones is 1. The molecule has 1 unspecified atom stereocenters. The van der Waals surface area contributed by atoms with Crippen molar-refractivity contribution in [2.24, 2.45) is 0 Å². The molecule has 0 aromatic heterocycles. The van der Waals surface area contributed by atoms with Gasteiger partial charge in [0.25, 0.3) is 0 Å². The Morgan fingerprint density at radius 2 is 1.90 bits per heavy atom. The summed E-state index contributed by atoms with van der Waals surface area (Å²) in [6, 6.07) is -1.27. The standard InChI is InChI=1S/C13H20N2O4.CH3.Na/c1-3-5-6-11(16)10(7-8-12(17)18)15-13(19)14-9-4-2;;/h1,10H,4-9H2,2H3,(H,17,18)(H2,14,15,19);1H3;/q;-1;+1. The molecule has 0 saturated heterocycles. The Bertz CT molecular complexity index is 366. The molecule has 0 fully saturated rings. The van der Waals surface area contributed by atoms with Crippen molar-refractivity contribution in [3.05, 3.63) is 7.43 Å². The number of terminal acetylenes is 1. The number of aliphatic carboxylic acids is 1. The van der Waals surface area contributed by atoms with Gasteiger partial charge in [0.05, 0.1) is 6.04 Å². The molecule has 0 bridgehead atoms. The number of Topliss-reactive ketones (excluding diaryl/α,β-unsaturated/α-hetero) is 1. The number of carboxylic acids is 1. The molecule has 0 heterocycles. The Morgan fingerprint density at radius 3 is 2.38 bits per heavy atom. The zero-order chi connectivity index (χ0) is 14.7. The SMILES string of the molecule is C#CCCC(=O)C(CCC(=O)O)NC(=O)NCCC.[CH3-].[Na+]. The molecule has 114 valence electrons. The number of rotatable bonds is 9. The Morgan fingerprint density at radius 1 is 1.29 bits per heavy atom. The summed E-state index contributed by atoms with van der Waals surface area (Å²) in [5, 5.41) is 13.7. The van der Waals surface area contributed by atoms with Gasteiger partial charge in [-0.1, -0.05) is 6.92 Å². The summed E-state index contributed by atoms with van der Waals surface area (Å²) < 4.78 is 0. The molecule has 7 heteroatoms. The van der Waals surface area contributed by atoms with Crippen LogP contribution in [0.4, 0.5) is 4.79 Å². The van der Waals surface area contributed by atoms with Gasteiger partial charge in [0, 0.05) is 25.8 Å². The number of nitrogens with one attached hydrogen (secondary N) is 2. The van der Waals surface area contributed by atoms with Crippen molar-refractivity contribution in [1.82, 2.24) is 10.6 Å². The summed E-state index contributed by atoms with van der Waals surface area (Å²) in [7, 11) is 0. The van der Waals surface area contributed by atoms with Crippen LogP contribution in [0.15, 0.2) is 0 Å². The molecule has 0 aliphatic heterocycles. The maximum atomic E-state index is 11.8. The fourth-order valence-electron chi connectivity index (χ4n) is 1.40. The second-order valence-corrected chi connectivity index (χ2v) is 4.06. The van der Waals surface area contributed by atoms with E-state index in [0.29, 0.717) is 6.54 Å². The van der Waals surface area contributed by atoms with Crippen molar-refractivity contribution in [1.29, 1.82) is 0 Å². The normalized spacial score (nSPS) is 10.1. The third kappa shape index (κ3) is 13.7. The Kier molecular flexibility index (Phi) is 18.3. The van der Waals surface area contributed by atoms with Crippen molar-refractivity contribution < 1.29 is 49.0 Å². The minimum atomic E-state index is -1.01. The zero-order valence-corrected chi connectivity index (χ0v) is 15.1. The van der Waals surface area contributed by atoms with E-state index in [1.807, 2.05) is 6.92 Å². The van der Waals surface area contributed by atoms with Gasteiger partial charge in [-0.05, 0) is 12.8 Å². The smallest absolute Gasteiger partial charge is 0.481 e. The average Bonchev–Trinajstić information content (AvgIpc) is 2.38. The summed E-state index contributed by atoms with van der Waals surface area (Å²) in [5.74, 6) is 1.09. The Hall–Kier alpha value is -1.03. The van der Waals surface area contributed by atoms with Crippen LogP contribution in [0.1, 0.15) is 39.0 Å². The second kappa shape index (κ2) is 15.4. The molecule has 2 amide bonds. The third-order valence-corrected chi connectivity index (χ3v) is 2.39. The van der Waals surface area contributed by atoms with Crippen LogP contribution in [0, 0.1) is 19.8 Å². The van der Waals surface area contributed by atoms with Gasteiger partial charge < -0.3 is 23.2 Å². The van der Waals surface area contributed by atoms with Crippen LogP contribution in [-0.2, 0) is 9.59 Å². The second-order valence-electron chi connectivity index (χ2n) is 4.06. The van der Waals surface area contributed by atoms with E-state index in [-0.39, 0.29) is 68.5 Å². The number of carbonyl (C=O) groups is 3. The van der Waals surface area contributed by atoms with E-state index in [9.17, 15) is 14.4 Å². The van der Waals surface area contributed by atoms with E-state index in [4.69, 9.17) is 11.5 Å². The van der Waals surface area contributed by atoms with Crippen molar-refractivity contribution in [3.63, 3.8) is 0 Å². The van der Waals surface area contributed by atoms with Crippen LogP contribution in [0.25, 0.3) is 0 Å². The molecule has 0 rings (SSSR count). The van der Waals surface area contributed by atoms with Gasteiger partial charge in [-0.2, -0.15) is 0 Å². The van der Waals surface area contributed by atoms with Crippen LogP contribution >= 0.6 is 0 Å². The van der Waals surface area contributed by atoms with Gasteiger partial charge in [-0.3, -0.25) is 9.59 Å². The molecule has 0 aromatic rings. The molecular formula is C14H23N2NaO4. The van der Waals surface area contributed by atoms with E-state index < -0.39 is 18.0 Å². The predicted octanol–water partition coefficient (Wildman–Crippen LogP) is -1.63. The predicted molar refractivity (Wildman–Crippen MR) is 77.0 cm³/mol. The number of hydrogen-bond acceptors (Lipinski definition) is 3. The van der Waals surface area contributed by atoms with Gasteiger partial charge in [0.2, 0.25) is 0 Å². The summed E-state index contributed by atoms with van der Waals surface area (Å²) >= 11 is 0. The zero-order valence-electron chi connectivity index (χ0n) is 13.1. The van der Waals surface area contributed by atoms with Crippen molar-refractivity contribution in [3.8, 4) is 12.3 Å². The molecule has 0 aliphatic rings. The first-order chi connectivity index (χ1) is 9.01. The van der Waals surface area contributed by atoms with Crippen molar-refractivity contribution >= 4 is 17.8 Å². The summed E-state index contributed by atoms with van der Waals surface area (Å²) in [4.78, 5) is 33.8. The van der Waals surface area contributed by atoms with E-state index in [1.165, 1.54) is 0 Å². The topological polar surface area (TPSA) is 95.5 Å².